The lowest BCUT2D eigenvalue weighted by Crippen LogP contribution is -2.36. The SMILES string of the molecule is CN=C(NCc1ccc(OC)cc1OC)NCc1cc(OC)c(OC)cc1OC. The Labute approximate surface area is 171 Å². The molecule has 2 aromatic carbocycles. The monoisotopic (exact) mass is 403 g/mol. The zero-order chi connectivity index (χ0) is 21.2. The van der Waals surface area contributed by atoms with Gasteiger partial charge in [0.15, 0.2) is 17.5 Å². The molecule has 2 aromatic rings. The van der Waals surface area contributed by atoms with Crippen LogP contribution < -0.4 is 34.3 Å². The van der Waals surface area contributed by atoms with Gasteiger partial charge in [0, 0.05) is 43.4 Å². The molecule has 0 aromatic heterocycles. The molecule has 0 aliphatic rings. The number of hydrogen-bond donors (Lipinski definition) is 2. The number of methoxy groups -OCH3 is 5. The van der Waals surface area contributed by atoms with Crippen LogP contribution in [0.3, 0.4) is 0 Å². The van der Waals surface area contributed by atoms with E-state index in [-0.39, 0.29) is 0 Å². The second-order valence-electron chi connectivity index (χ2n) is 5.98. The fourth-order valence-corrected chi connectivity index (χ4v) is 2.81. The van der Waals surface area contributed by atoms with E-state index >= 15 is 0 Å². The van der Waals surface area contributed by atoms with E-state index in [0.29, 0.717) is 36.3 Å². The van der Waals surface area contributed by atoms with Gasteiger partial charge in [-0.05, 0) is 18.2 Å². The van der Waals surface area contributed by atoms with Crippen molar-refractivity contribution in [2.45, 2.75) is 13.1 Å². The van der Waals surface area contributed by atoms with Gasteiger partial charge in [0.2, 0.25) is 0 Å². The molecule has 0 bridgehead atoms. The molecule has 0 saturated carbocycles. The Hall–Kier alpha value is -3.29. The summed E-state index contributed by atoms with van der Waals surface area (Å²) in [4.78, 5) is 4.27. The van der Waals surface area contributed by atoms with Gasteiger partial charge < -0.3 is 34.3 Å². The number of hydrogen-bond acceptors (Lipinski definition) is 6. The van der Waals surface area contributed by atoms with E-state index in [4.69, 9.17) is 23.7 Å². The molecule has 0 saturated heterocycles. The van der Waals surface area contributed by atoms with E-state index < -0.39 is 0 Å². The zero-order valence-electron chi connectivity index (χ0n) is 17.8. The van der Waals surface area contributed by atoms with E-state index in [2.05, 4.69) is 15.6 Å². The number of guanidine groups is 1. The summed E-state index contributed by atoms with van der Waals surface area (Å²) in [5, 5.41) is 6.55. The van der Waals surface area contributed by atoms with Crippen LogP contribution in [0.5, 0.6) is 28.7 Å². The minimum atomic E-state index is 0.489. The van der Waals surface area contributed by atoms with E-state index in [1.54, 1.807) is 48.7 Å². The van der Waals surface area contributed by atoms with Gasteiger partial charge in [-0.1, -0.05) is 0 Å². The third kappa shape index (κ3) is 5.60. The first kappa shape index (κ1) is 22.0. The van der Waals surface area contributed by atoms with Gasteiger partial charge in [0.05, 0.1) is 35.5 Å². The number of aliphatic imine (C=N–C) groups is 1. The highest BCUT2D eigenvalue weighted by Crippen LogP contribution is 2.34. The number of rotatable bonds is 9. The smallest absolute Gasteiger partial charge is 0.191 e. The van der Waals surface area contributed by atoms with Crippen molar-refractivity contribution in [3.8, 4) is 28.7 Å². The van der Waals surface area contributed by atoms with Crippen LogP contribution in [0.1, 0.15) is 11.1 Å². The molecule has 29 heavy (non-hydrogen) atoms. The molecular formula is C21H29N3O5. The van der Waals surface area contributed by atoms with Crippen LogP contribution in [0.25, 0.3) is 0 Å². The number of nitrogens with one attached hydrogen (secondary N) is 2. The average molecular weight is 403 g/mol. The summed E-state index contributed by atoms with van der Waals surface area (Å²) >= 11 is 0. The van der Waals surface area contributed by atoms with Gasteiger partial charge in [-0.25, -0.2) is 0 Å². The van der Waals surface area contributed by atoms with E-state index in [0.717, 1.165) is 22.6 Å². The van der Waals surface area contributed by atoms with Crippen LogP contribution >= 0.6 is 0 Å². The molecule has 0 heterocycles. The molecule has 158 valence electrons. The van der Waals surface area contributed by atoms with Crippen LogP contribution in [-0.4, -0.2) is 48.6 Å². The predicted octanol–water partition coefficient (Wildman–Crippen LogP) is 2.59. The normalized spacial score (nSPS) is 10.9. The first-order valence-corrected chi connectivity index (χ1v) is 9.04. The molecule has 2 rings (SSSR count). The Morgan fingerprint density at radius 1 is 0.690 bits per heavy atom. The second kappa shape index (κ2) is 10.9. The first-order valence-electron chi connectivity index (χ1n) is 9.04. The van der Waals surface area contributed by atoms with Crippen molar-refractivity contribution >= 4 is 5.96 Å². The lowest BCUT2D eigenvalue weighted by atomic mass is 10.1. The minimum absolute atomic E-state index is 0.489. The summed E-state index contributed by atoms with van der Waals surface area (Å²) in [6, 6.07) is 9.37. The number of nitrogens with zero attached hydrogens (tertiary/aromatic N) is 1. The van der Waals surface area contributed by atoms with Crippen LogP contribution in [0, 0.1) is 0 Å². The fourth-order valence-electron chi connectivity index (χ4n) is 2.81. The Morgan fingerprint density at radius 3 is 1.79 bits per heavy atom. The lowest BCUT2D eigenvalue weighted by Gasteiger charge is -2.17. The van der Waals surface area contributed by atoms with Crippen molar-refractivity contribution in [3.63, 3.8) is 0 Å². The van der Waals surface area contributed by atoms with Crippen molar-refractivity contribution < 1.29 is 23.7 Å². The predicted molar refractivity (Wildman–Crippen MR) is 113 cm³/mol. The Bertz CT molecular complexity index is 839. The van der Waals surface area contributed by atoms with Crippen molar-refractivity contribution in [3.05, 3.63) is 41.5 Å². The van der Waals surface area contributed by atoms with E-state index in [1.165, 1.54) is 0 Å². The summed E-state index contributed by atoms with van der Waals surface area (Å²) < 4.78 is 26.8. The maximum Gasteiger partial charge on any atom is 0.191 e. The van der Waals surface area contributed by atoms with Crippen LogP contribution in [0.2, 0.25) is 0 Å². The summed E-state index contributed by atoms with van der Waals surface area (Å²) in [7, 11) is 9.79. The Kier molecular flexibility index (Phi) is 8.27. The van der Waals surface area contributed by atoms with Crippen molar-refractivity contribution in [1.29, 1.82) is 0 Å². The average Bonchev–Trinajstić information content (AvgIpc) is 2.78. The molecule has 0 aliphatic carbocycles. The standard InChI is InChI=1S/C21H29N3O5/c1-22-21(23-12-14-7-8-16(25-2)10-17(14)26-3)24-13-15-9-19(28-5)20(29-6)11-18(15)27-4/h7-11H,12-13H2,1-6H3,(H2,22,23,24). The minimum Gasteiger partial charge on any atom is -0.497 e. The molecule has 2 N–H and O–H groups in total. The lowest BCUT2D eigenvalue weighted by molar-refractivity contribution is 0.347. The quantitative estimate of drug-likeness (QED) is 0.492. The van der Waals surface area contributed by atoms with Crippen molar-refractivity contribution in [1.82, 2.24) is 10.6 Å². The number of ether oxygens (including phenoxy) is 5. The Morgan fingerprint density at radius 2 is 1.24 bits per heavy atom. The van der Waals surface area contributed by atoms with E-state index in [9.17, 15) is 0 Å². The van der Waals surface area contributed by atoms with Crippen molar-refractivity contribution in [2.24, 2.45) is 4.99 Å². The molecule has 0 aliphatic heterocycles. The molecule has 8 nitrogen and oxygen atoms in total. The van der Waals surface area contributed by atoms with Gasteiger partial charge in [-0.3, -0.25) is 4.99 Å². The summed E-state index contributed by atoms with van der Waals surface area (Å²) in [6.45, 7) is 1.03. The molecule has 0 fully saturated rings. The molecular weight excluding hydrogens is 374 g/mol. The summed E-state index contributed by atoms with van der Waals surface area (Å²) in [5.41, 5.74) is 1.90. The maximum absolute atomic E-state index is 5.47. The first-order chi connectivity index (χ1) is 14.1. The number of benzene rings is 2. The molecule has 0 atom stereocenters. The van der Waals surface area contributed by atoms with Gasteiger partial charge in [0.1, 0.15) is 17.2 Å². The maximum atomic E-state index is 5.47. The zero-order valence-corrected chi connectivity index (χ0v) is 17.8. The Balaban J connectivity index is 2.06. The van der Waals surface area contributed by atoms with Crippen LogP contribution in [0.15, 0.2) is 35.3 Å². The van der Waals surface area contributed by atoms with Crippen LogP contribution in [-0.2, 0) is 13.1 Å². The highest BCUT2D eigenvalue weighted by Gasteiger charge is 2.12. The van der Waals surface area contributed by atoms with Crippen molar-refractivity contribution in [2.75, 3.05) is 42.6 Å². The van der Waals surface area contributed by atoms with E-state index in [1.807, 2.05) is 24.3 Å². The third-order valence-electron chi connectivity index (χ3n) is 4.40. The molecule has 0 spiro atoms. The fraction of sp³-hybridized carbons (Fsp3) is 0.381. The third-order valence-corrected chi connectivity index (χ3v) is 4.40. The molecule has 8 heteroatoms. The molecule has 0 radical (unpaired) electrons. The van der Waals surface area contributed by atoms with Gasteiger partial charge in [-0.2, -0.15) is 0 Å². The van der Waals surface area contributed by atoms with Crippen LogP contribution in [0.4, 0.5) is 0 Å². The summed E-state index contributed by atoms with van der Waals surface area (Å²) in [5.74, 6) is 4.07. The summed E-state index contributed by atoms with van der Waals surface area (Å²) in [6.07, 6.45) is 0. The van der Waals surface area contributed by atoms with Gasteiger partial charge in [-0.15, -0.1) is 0 Å². The highest BCUT2D eigenvalue weighted by molar-refractivity contribution is 5.79. The van der Waals surface area contributed by atoms with Gasteiger partial charge >= 0.3 is 0 Å². The second-order valence-corrected chi connectivity index (χ2v) is 5.98. The topological polar surface area (TPSA) is 82.6 Å². The largest absolute Gasteiger partial charge is 0.497 e. The highest BCUT2D eigenvalue weighted by atomic mass is 16.5. The molecule has 0 amide bonds. The van der Waals surface area contributed by atoms with Gasteiger partial charge in [0.25, 0.3) is 0 Å². The molecule has 0 unspecified atom stereocenters.